The van der Waals surface area contributed by atoms with E-state index in [-0.39, 0.29) is 11.7 Å². The van der Waals surface area contributed by atoms with Gasteiger partial charge in [0, 0.05) is 26.9 Å². The number of nitriles is 1. The van der Waals surface area contributed by atoms with Crippen molar-refractivity contribution < 1.29 is 4.79 Å². The van der Waals surface area contributed by atoms with Crippen LogP contribution in [0.25, 0.3) is 5.70 Å². The highest BCUT2D eigenvalue weighted by molar-refractivity contribution is 6.31. The zero-order valence-corrected chi connectivity index (χ0v) is 17.0. The monoisotopic (exact) mass is 432 g/mol. The van der Waals surface area contributed by atoms with E-state index >= 15 is 0 Å². The second-order valence-electron chi connectivity index (χ2n) is 6.92. The molecule has 1 saturated heterocycles. The van der Waals surface area contributed by atoms with Crippen LogP contribution in [0.15, 0.2) is 78.4 Å². The molecule has 3 aromatic carbocycles. The first kappa shape index (κ1) is 18.6. The highest BCUT2D eigenvalue weighted by atomic mass is 35.5. The molecule has 1 unspecified atom stereocenters. The molecule has 0 aromatic heterocycles. The van der Waals surface area contributed by atoms with E-state index in [0.717, 1.165) is 16.8 Å². The standard InChI is InChI=1S/C23H14Cl2N4O/c24-14-5-9-16(10-6-14)27-22(30)20(13-26)21-18-3-1-2-4-19(18)23-28(29(21)23)17-11-7-15(25)8-12-17/h1-12,23H,(H,27,30). The van der Waals surface area contributed by atoms with Crippen LogP contribution < -0.4 is 10.3 Å². The van der Waals surface area contributed by atoms with Crippen molar-refractivity contribution in [2.24, 2.45) is 0 Å². The number of nitrogens with one attached hydrogen (secondary N) is 1. The van der Waals surface area contributed by atoms with Gasteiger partial charge in [-0.3, -0.25) is 14.8 Å². The molecule has 0 spiro atoms. The van der Waals surface area contributed by atoms with Crippen LogP contribution in [0.4, 0.5) is 11.4 Å². The fourth-order valence-electron chi connectivity index (χ4n) is 3.77. The molecule has 1 fully saturated rings. The summed E-state index contributed by atoms with van der Waals surface area (Å²) in [5.74, 6) is -0.465. The lowest BCUT2D eigenvalue weighted by molar-refractivity contribution is -0.112. The fourth-order valence-corrected chi connectivity index (χ4v) is 4.03. The third-order valence-electron chi connectivity index (χ3n) is 5.13. The van der Waals surface area contributed by atoms with Gasteiger partial charge in [0.05, 0.1) is 11.4 Å². The molecule has 30 heavy (non-hydrogen) atoms. The van der Waals surface area contributed by atoms with Gasteiger partial charge in [0.15, 0.2) is 6.17 Å². The van der Waals surface area contributed by atoms with Gasteiger partial charge >= 0.3 is 0 Å². The number of rotatable bonds is 3. The van der Waals surface area contributed by atoms with Crippen LogP contribution in [0, 0.1) is 11.3 Å². The fraction of sp³-hybridized carbons (Fsp3) is 0.0435. The van der Waals surface area contributed by atoms with E-state index in [1.54, 1.807) is 24.3 Å². The maximum atomic E-state index is 13.0. The van der Waals surface area contributed by atoms with Crippen molar-refractivity contribution in [1.29, 1.82) is 5.26 Å². The number of amides is 1. The second-order valence-corrected chi connectivity index (χ2v) is 7.80. The molecule has 2 aliphatic rings. The van der Waals surface area contributed by atoms with Gasteiger partial charge in [0.2, 0.25) is 0 Å². The average molecular weight is 433 g/mol. The van der Waals surface area contributed by atoms with Crippen molar-refractivity contribution in [2.75, 3.05) is 10.3 Å². The number of carbonyl (C=O) groups is 1. The Morgan fingerprint density at radius 1 is 0.900 bits per heavy atom. The molecular weight excluding hydrogens is 419 g/mol. The van der Waals surface area contributed by atoms with Gasteiger partial charge < -0.3 is 5.32 Å². The molecule has 5 rings (SSSR count). The van der Waals surface area contributed by atoms with Gasteiger partial charge in [-0.05, 0) is 48.5 Å². The number of benzene rings is 3. The van der Waals surface area contributed by atoms with Crippen molar-refractivity contribution in [3.05, 3.63) is 99.5 Å². The number of hydrazine groups is 1. The second kappa shape index (κ2) is 7.10. The number of nitrogens with zero attached hydrogens (tertiary/aromatic N) is 3. The molecule has 2 heterocycles. The van der Waals surface area contributed by atoms with Gasteiger partial charge in [0.1, 0.15) is 11.6 Å². The van der Waals surface area contributed by atoms with Gasteiger partial charge in [0.25, 0.3) is 5.91 Å². The molecule has 0 bridgehead atoms. The first-order valence-electron chi connectivity index (χ1n) is 9.23. The highest BCUT2D eigenvalue weighted by Crippen LogP contribution is 2.58. The number of hydrogen-bond donors (Lipinski definition) is 1. The van der Waals surface area contributed by atoms with Crippen molar-refractivity contribution in [3.63, 3.8) is 0 Å². The van der Waals surface area contributed by atoms with Gasteiger partial charge in [-0.15, -0.1) is 0 Å². The van der Waals surface area contributed by atoms with Gasteiger partial charge in [-0.25, -0.2) is 0 Å². The van der Waals surface area contributed by atoms with E-state index in [2.05, 4.69) is 11.4 Å². The van der Waals surface area contributed by atoms with Crippen molar-refractivity contribution in [1.82, 2.24) is 5.01 Å². The lowest BCUT2D eigenvalue weighted by Gasteiger charge is -2.15. The summed E-state index contributed by atoms with van der Waals surface area (Å²) in [6.07, 6.45) is -0.0518. The van der Waals surface area contributed by atoms with Crippen molar-refractivity contribution in [2.45, 2.75) is 6.17 Å². The van der Waals surface area contributed by atoms with E-state index in [0.29, 0.717) is 21.4 Å². The minimum Gasteiger partial charge on any atom is -0.321 e. The Kier molecular flexibility index (Phi) is 4.39. The molecule has 0 radical (unpaired) electrons. The third-order valence-corrected chi connectivity index (χ3v) is 5.64. The van der Waals surface area contributed by atoms with Gasteiger partial charge in [-0.1, -0.05) is 47.5 Å². The molecule has 5 nitrogen and oxygen atoms in total. The van der Waals surface area contributed by atoms with Gasteiger partial charge in [-0.2, -0.15) is 5.26 Å². The normalized spacial score (nSPS) is 17.7. The van der Waals surface area contributed by atoms with E-state index < -0.39 is 5.91 Å². The SMILES string of the molecule is N#CC(C(=O)Nc1ccc(Cl)cc1)=C1c2ccccc2C2N1N2c1ccc(Cl)cc1. The zero-order chi connectivity index (χ0) is 20.8. The lowest BCUT2D eigenvalue weighted by Crippen LogP contribution is -2.18. The molecule has 7 heteroatoms. The lowest BCUT2D eigenvalue weighted by atomic mass is 10.0. The van der Waals surface area contributed by atoms with E-state index in [4.69, 9.17) is 23.2 Å². The topological polar surface area (TPSA) is 58.9 Å². The molecule has 3 aromatic rings. The maximum absolute atomic E-state index is 13.0. The first-order valence-corrected chi connectivity index (χ1v) is 9.98. The molecule has 2 aliphatic heterocycles. The Hall–Kier alpha value is -3.46. The van der Waals surface area contributed by atoms with Crippen LogP contribution in [0.5, 0.6) is 0 Å². The van der Waals surface area contributed by atoms with E-state index in [1.807, 2.05) is 58.5 Å². The molecule has 1 N–H and O–H groups in total. The summed E-state index contributed by atoms with van der Waals surface area (Å²) < 4.78 is 0. The Balaban J connectivity index is 1.55. The number of anilines is 2. The predicted molar refractivity (Wildman–Crippen MR) is 118 cm³/mol. The van der Waals surface area contributed by atoms with E-state index in [9.17, 15) is 10.1 Å². The summed E-state index contributed by atoms with van der Waals surface area (Å²) >= 11 is 11.9. The number of halogens is 2. The highest BCUT2D eigenvalue weighted by Gasteiger charge is 2.56. The number of hydrogen-bond acceptors (Lipinski definition) is 4. The number of fused-ring (bicyclic) bond motifs is 3. The zero-order valence-electron chi connectivity index (χ0n) is 15.5. The molecule has 0 aliphatic carbocycles. The number of carbonyl (C=O) groups excluding carboxylic acids is 1. The van der Waals surface area contributed by atoms with Crippen molar-refractivity contribution >= 4 is 46.2 Å². The molecule has 1 amide bonds. The van der Waals surface area contributed by atoms with Crippen LogP contribution in [-0.2, 0) is 4.79 Å². The molecule has 146 valence electrons. The Morgan fingerprint density at radius 2 is 1.53 bits per heavy atom. The first-order chi connectivity index (χ1) is 14.6. The third kappa shape index (κ3) is 2.98. The largest absolute Gasteiger partial charge is 0.321 e. The van der Waals surface area contributed by atoms with Crippen LogP contribution in [0.2, 0.25) is 10.0 Å². The summed E-state index contributed by atoms with van der Waals surface area (Å²) in [6.45, 7) is 0. The summed E-state index contributed by atoms with van der Waals surface area (Å²) in [6, 6.07) is 24.2. The summed E-state index contributed by atoms with van der Waals surface area (Å²) in [7, 11) is 0. The molecular formula is C23H14Cl2N4O. The summed E-state index contributed by atoms with van der Waals surface area (Å²) in [4.78, 5) is 13.0. The van der Waals surface area contributed by atoms with Crippen LogP contribution >= 0.6 is 23.2 Å². The van der Waals surface area contributed by atoms with Crippen LogP contribution in [0.3, 0.4) is 0 Å². The quantitative estimate of drug-likeness (QED) is 0.331. The molecule has 0 saturated carbocycles. The smallest absolute Gasteiger partial charge is 0.268 e. The Bertz CT molecular complexity index is 1230. The minimum absolute atomic E-state index is 0.0518. The van der Waals surface area contributed by atoms with Crippen LogP contribution in [0.1, 0.15) is 17.3 Å². The van der Waals surface area contributed by atoms with E-state index in [1.165, 1.54) is 0 Å². The van der Waals surface area contributed by atoms with Crippen LogP contribution in [-0.4, -0.2) is 10.9 Å². The summed E-state index contributed by atoms with van der Waals surface area (Å²) in [5, 5.41) is 17.9. The predicted octanol–water partition coefficient (Wildman–Crippen LogP) is 5.62. The minimum atomic E-state index is -0.465. The summed E-state index contributed by atoms with van der Waals surface area (Å²) in [5.41, 5.74) is 4.09. The Labute approximate surface area is 183 Å². The molecule has 1 atom stereocenters. The Morgan fingerprint density at radius 3 is 2.20 bits per heavy atom. The van der Waals surface area contributed by atoms with Crippen molar-refractivity contribution in [3.8, 4) is 6.07 Å². The average Bonchev–Trinajstić information content (AvgIpc) is 3.40. The maximum Gasteiger partial charge on any atom is 0.268 e.